The highest BCUT2D eigenvalue weighted by Crippen LogP contribution is 2.16. The maximum Gasteiger partial charge on any atom is 0.275 e. The Kier molecular flexibility index (Phi) is 3.13. The summed E-state index contributed by atoms with van der Waals surface area (Å²) in [6, 6.07) is 15.1. The van der Waals surface area contributed by atoms with Gasteiger partial charge >= 0.3 is 0 Å². The molecular formula is C16H13N3O. The van der Waals surface area contributed by atoms with Crippen LogP contribution < -0.4 is 5.32 Å². The van der Waals surface area contributed by atoms with Crippen LogP contribution >= 0.6 is 0 Å². The van der Waals surface area contributed by atoms with Crippen LogP contribution in [-0.4, -0.2) is 15.9 Å². The smallest absolute Gasteiger partial charge is 0.275 e. The summed E-state index contributed by atoms with van der Waals surface area (Å²) in [6.45, 7) is 2.00. The second-order valence-electron chi connectivity index (χ2n) is 4.56. The molecule has 0 aliphatic rings. The zero-order chi connectivity index (χ0) is 13.9. The van der Waals surface area contributed by atoms with Gasteiger partial charge in [-0.25, -0.2) is 9.97 Å². The van der Waals surface area contributed by atoms with Gasteiger partial charge in [-0.1, -0.05) is 35.9 Å². The molecule has 1 amide bonds. The van der Waals surface area contributed by atoms with Crippen LogP contribution in [0.1, 0.15) is 16.1 Å². The Morgan fingerprint density at radius 3 is 2.55 bits per heavy atom. The molecule has 0 spiro atoms. The minimum atomic E-state index is -0.229. The van der Waals surface area contributed by atoms with Crippen molar-refractivity contribution in [1.29, 1.82) is 0 Å². The van der Waals surface area contributed by atoms with E-state index in [9.17, 15) is 4.79 Å². The molecule has 20 heavy (non-hydrogen) atoms. The summed E-state index contributed by atoms with van der Waals surface area (Å²) < 4.78 is 0. The van der Waals surface area contributed by atoms with E-state index in [0.717, 1.165) is 22.2 Å². The van der Waals surface area contributed by atoms with Crippen molar-refractivity contribution in [3.8, 4) is 0 Å². The normalized spacial score (nSPS) is 10.4. The summed E-state index contributed by atoms with van der Waals surface area (Å²) in [7, 11) is 0. The lowest BCUT2D eigenvalue weighted by atomic mass is 10.1. The van der Waals surface area contributed by atoms with Crippen LogP contribution in [0.25, 0.3) is 10.9 Å². The predicted octanol–water partition coefficient (Wildman–Crippen LogP) is 3.19. The van der Waals surface area contributed by atoms with Crippen LogP contribution in [-0.2, 0) is 0 Å². The van der Waals surface area contributed by atoms with Gasteiger partial charge in [0.15, 0.2) is 0 Å². The number of carbonyl (C=O) groups excluding carboxylic acids is 1. The Morgan fingerprint density at radius 1 is 1.00 bits per heavy atom. The first-order valence-corrected chi connectivity index (χ1v) is 6.32. The molecule has 98 valence electrons. The molecule has 0 saturated heterocycles. The number of carbonyl (C=O) groups is 1. The first kappa shape index (κ1) is 12.3. The number of aryl methyl sites for hydroxylation is 1. The molecule has 0 unspecified atom stereocenters. The Morgan fingerprint density at radius 2 is 1.75 bits per heavy atom. The minimum absolute atomic E-state index is 0.229. The fourth-order valence-electron chi connectivity index (χ4n) is 2.01. The number of aromatic nitrogens is 2. The summed E-state index contributed by atoms with van der Waals surface area (Å²) in [5, 5.41) is 3.60. The van der Waals surface area contributed by atoms with Crippen LogP contribution in [0.4, 0.5) is 5.69 Å². The van der Waals surface area contributed by atoms with Gasteiger partial charge < -0.3 is 5.32 Å². The van der Waals surface area contributed by atoms with Gasteiger partial charge in [0.1, 0.15) is 12.0 Å². The number of para-hydroxylation sites is 1. The molecule has 3 aromatic rings. The van der Waals surface area contributed by atoms with Gasteiger partial charge in [0.2, 0.25) is 0 Å². The topological polar surface area (TPSA) is 54.9 Å². The van der Waals surface area contributed by atoms with Crippen molar-refractivity contribution in [3.63, 3.8) is 0 Å². The Labute approximate surface area is 116 Å². The zero-order valence-corrected chi connectivity index (χ0v) is 11.0. The van der Waals surface area contributed by atoms with Crippen molar-refractivity contribution in [2.75, 3.05) is 5.32 Å². The van der Waals surface area contributed by atoms with Crippen molar-refractivity contribution in [3.05, 3.63) is 66.1 Å². The van der Waals surface area contributed by atoms with Gasteiger partial charge in [0, 0.05) is 11.1 Å². The highest BCUT2D eigenvalue weighted by molar-refractivity contribution is 6.10. The lowest BCUT2D eigenvalue weighted by Gasteiger charge is -2.07. The summed E-state index contributed by atoms with van der Waals surface area (Å²) in [4.78, 5) is 20.6. The lowest BCUT2D eigenvalue weighted by molar-refractivity contribution is 0.102. The molecule has 0 bridgehead atoms. The van der Waals surface area contributed by atoms with Gasteiger partial charge in [-0.05, 0) is 25.1 Å². The minimum Gasteiger partial charge on any atom is -0.321 e. The molecular weight excluding hydrogens is 250 g/mol. The number of nitrogens with one attached hydrogen (secondary N) is 1. The van der Waals surface area contributed by atoms with E-state index in [1.165, 1.54) is 6.33 Å². The van der Waals surface area contributed by atoms with E-state index in [-0.39, 0.29) is 5.91 Å². The first-order chi connectivity index (χ1) is 9.74. The van der Waals surface area contributed by atoms with Crippen molar-refractivity contribution < 1.29 is 4.79 Å². The Bertz CT molecular complexity index is 761. The van der Waals surface area contributed by atoms with Crippen molar-refractivity contribution in [2.24, 2.45) is 0 Å². The molecule has 0 aliphatic carbocycles. The van der Waals surface area contributed by atoms with E-state index >= 15 is 0 Å². The number of nitrogens with zero attached hydrogens (tertiary/aromatic N) is 2. The fourth-order valence-corrected chi connectivity index (χ4v) is 2.01. The van der Waals surface area contributed by atoms with Gasteiger partial charge in [-0.3, -0.25) is 4.79 Å². The van der Waals surface area contributed by atoms with Crippen LogP contribution in [0.15, 0.2) is 54.9 Å². The molecule has 1 N–H and O–H groups in total. The molecule has 3 rings (SSSR count). The maximum absolute atomic E-state index is 12.3. The maximum atomic E-state index is 12.3. The second-order valence-corrected chi connectivity index (χ2v) is 4.56. The zero-order valence-electron chi connectivity index (χ0n) is 11.0. The molecule has 0 radical (unpaired) electrons. The highest BCUT2D eigenvalue weighted by Gasteiger charge is 2.12. The van der Waals surface area contributed by atoms with Crippen molar-refractivity contribution in [2.45, 2.75) is 6.92 Å². The van der Waals surface area contributed by atoms with Crippen LogP contribution in [0.5, 0.6) is 0 Å². The van der Waals surface area contributed by atoms with Gasteiger partial charge in [0.25, 0.3) is 5.91 Å². The third-order valence-corrected chi connectivity index (χ3v) is 3.07. The van der Waals surface area contributed by atoms with E-state index in [2.05, 4.69) is 15.3 Å². The van der Waals surface area contributed by atoms with Crippen LogP contribution in [0.2, 0.25) is 0 Å². The SMILES string of the molecule is Cc1ccc(NC(=O)c2ncnc3ccccc23)cc1. The monoisotopic (exact) mass is 263 g/mol. The molecule has 2 aromatic carbocycles. The number of rotatable bonds is 2. The average Bonchev–Trinajstić information content (AvgIpc) is 2.49. The summed E-state index contributed by atoms with van der Waals surface area (Å²) in [5.41, 5.74) is 3.05. The molecule has 4 heteroatoms. The Hall–Kier alpha value is -2.75. The van der Waals surface area contributed by atoms with Crippen LogP contribution in [0, 0.1) is 6.92 Å². The number of amides is 1. The largest absolute Gasteiger partial charge is 0.321 e. The van der Waals surface area contributed by atoms with Crippen molar-refractivity contribution >= 4 is 22.5 Å². The van der Waals surface area contributed by atoms with Crippen molar-refractivity contribution in [1.82, 2.24) is 9.97 Å². The lowest BCUT2D eigenvalue weighted by Crippen LogP contribution is -2.14. The Balaban J connectivity index is 1.94. The molecule has 4 nitrogen and oxygen atoms in total. The molecule has 1 aromatic heterocycles. The number of benzene rings is 2. The predicted molar refractivity (Wildman–Crippen MR) is 78.7 cm³/mol. The summed E-state index contributed by atoms with van der Waals surface area (Å²) in [5.74, 6) is -0.229. The first-order valence-electron chi connectivity index (χ1n) is 6.32. The van der Waals surface area contributed by atoms with Gasteiger partial charge in [0.05, 0.1) is 5.52 Å². The van der Waals surface area contributed by atoms with Gasteiger partial charge in [-0.15, -0.1) is 0 Å². The highest BCUT2D eigenvalue weighted by atomic mass is 16.1. The quantitative estimate of drug-likeness (QED) is 0.772. The number of fused-ring (bicyclic) bond motifs is 1. The number of anilines is 1. The summed E-state index contributed by atoms with van der Waals surface area (Å²) >= 11 is 0. The summed E-state index contributed by atoms with van der Waals surface area (Å²) in [6.07, 6.45) is 1.41. The van der Waals surface area contributed by atoms with E-state index in [1.807, 2.05) is 55.5 Å². The average molecular weight is 263 g/mol. The molecule has 0 atom stereocenters. The standard InChI is InChI=1S/C16H13N3O/c1-11-6-8-12(9-7-11)19-16(20)15-13-4-2-3-5-14(13)17-10-18-15/h2-10H,1H3,(H,19,20). The van der Waals surface area contributed by atoms with E-state index < -0.39 is 0 Å². The third-order valence-electron chi connectivity index (χ3n) is 3.07. The number of hydrogen-bond acceptors (Lipinski definition) is 3. The van der Waals surface area contributed by atoms with Gasteiger partial charge in [-0.2, -0.15) is 0 Å². The molecule has 0 aliphatic heterocycles. The fraction of sp³-hybridized carbons (Fsp3) is 0.0625. The molecule has 1 heterocycles. The molecule has 0 saturated carbocycles. The van der Waals surface area contributed by atoms with Crippen LogP contribution in [0.3, 0.4) is 0 Å². The second kappa shape index (κ2) is 5.09. The van der Waals surface area contributed by atoms with E-state index in [1.54, 1.807) is 0 Å². The molecule has 0 fully saturated rings. The van der Waals surface area contributed by atoms with E-state index in [0.29, 0.717) is 5.69 Å². The third kappa shape index (κ3) is 2.36. The van der Waals surface area contributed by atoms with E-state index in [4.69, 9.17) is 0 Å². The number of hydrogen-bond donors (Lipinski definition) is 1.